The molecule has 0 aliphatic rings. The standard InChI is InChI=1S/C11H13F3N2O3S/c1-7-5-4-6-9(8(2)15-19-3)10(7)16-20(17,18)11(12,13)14/h4-6,16H,1-3H3/b15-8+. The number of hydrogen-bond donors (Lipinski definition) is 1. The van der Waals surface area contributed by atoms with Crippen LogP contribution >= 0.6 is 0 Å². The fraction of sp³-hybridized carbons (Fsp3) is 0.364. The van der Waals surface area contributed by atoms with E-state index >= 15 is 0 Å². The van der Waals surface area contributed by atoms with Gasteiger partial charge in [0, 0.05) is 5.56 Å². The van der Waals surface area contributed by atoms with E-state index in [2.05, 4.69) is 9.99 Å². The first-order valence-corrected chi connectivity index (χ1v) is 6.85. The number of anilines is 1. The fourth-order valence-electron chi connectivity index (χ4n) is 1.48. The van der Waals surface area contributed by atoms with Gasteiger partial charge >= 0.3 is 15.5 Å². The Kier molecular flexibility index (Phi) is 4.64. The van der Waals surface area contributed by atoms with Gasteiger partial charge < -0.3 is 4.84 Å². The summed E-state index contributed by atoms with van der Waals surface area (Å²) in [6, 6.07) is 4.50. The Bertz CT molecular complexity index is 624. The zero-order valence-corrected chi connectivity index (χ0v) is 11.8. The zero-order valence-electron chi connectivity index (χ0n) is 10.9. The van der Waals surface area contributed by atoms with E-state index < -0.39 is 15.5 Å². The number of aryl methyl sites for hydroxylation is 1. The van der Waals surface area contributed by atoms with Crippen molar-refractivity contribution in [2.75, 3.05) is 11.8 Å². The number of nitrogens with one attached hydrogen (secondary N) is 1. The molecule has 0 bridgehead atoms. The number of sulfonamides is 1. The summed E-state index contributed by atoms with van der Waals surface area (Å²) in [6.45, 7) is 2.97. The van der Waals surface area contributed by atoms with Gasteiger partial charge in [-0.05, 0) is 19.4 Å². The Morgan fingerprint density at radius 3 is 2.45 bits per heavy atom. The van der Waals surface area contributed by atoms with Gasteiger partial charge in [0.15, 0.2) is 0 Å². The van der Waals surface area contributed by atoms with E-state index in [-0.39, 0.29) is 17.0 Å². The number of hydrogen-bond acceptors (Lipinski definition) is 4. The number of oxime groups is 1. The number of halogens is 3. The van der Waals surface area contributed by atoms with Crippen LogP contribution in [0.2, 0.25) is 0 Å². The first-order chi connectivity index (χ1) is 9.10. The summed E-state index contributed by atoms with van der Waals surface area (Å²) >= 11 is 0. The molecule has 9 heteroatoms. The van der Waals surface area contributed by atoms with Crippen molar-refractivity contribution in [2.24, 2.45) is 5.16 Å². The van der Waals surface area contributed by atoms with Crippen molar-refractivity contribution in [3.63, 3.8) is 0 Å². The highest BCUT2D eigenvalue weighted by Gasteiger charge is 2.46. The topological polar surface area (TPSA) is 67.8 Å². The van der Waals surface area contributed by atoms with Gasteiger partial charge in [-0.25, -0.2) is 0 Å². The molecule has 1 N–H and O–H groups in total. The lowest BCUT2D eigenvalue weighted by atomic mass is 10.1. The SMILES string of the molecule is CO/N=C(\C)c1cccc(C)c1NS(=O)(=O)C(F)(F)F. The maximum Gasteiger partial charge on any atom is 0.516 e. The highest BCUT2D eigenvalue weighted by molar-refractivity contribution is 7.93. The second-order valence-electron chi connectivity index (χ2n) is 3.91. The van der Waals surface area contributed by atoms with Gasteiger partial charge in [-0.15, -0.1) is 0 Å². The quantitative estimate of drug-likeness (QED) is 0.686. The zero-order chi connectivity index (χ0) is 15.6. The van der Waals surface area contributed by atoms with Crippen LogP contribution < -0.4 is 4.72 Å². The molecule has 0 aromatic heterocycles. The van der Waals surface area contributed by atoms with Crippen LogP contribution in [-0.2, 0) is 14.9 Å². The van der Waals surface area contributed by atoms with Crippen LogP contribution in [0.25, 0.3) is 0 Å². The van der Waals surface area contributed by atoms with Crippen molar-refractivity contribution in [3.8, 4) is 0 Å². The predicted octanol–water partition coefficient (Wildman–Crippen LogP) is 2.63. The average molecular weight is 310 g/mol. The van der Waals surface area contributed by atoms with E-state index in [1.165, 1.54) is 33.1 Å². The molecule has 0 fully saturated rings. The summed E-state index contributed by atoms with van der Waals surface area (Å²) < 4.78 is 61.2. The van der Waals surface area contributed by atoms with Gasteiger partial charge in [-0.2, -0.15) is 21.6 Å². The van der Waals surface area contributed by atoms with Crippen LogP contribution in [0.3, 0.4) is 0 Å². The number of alkyl halides is 3. The monoisotopic (exact) mass is 310 g/mol. The maximum absolute atomic E-state index is 12.4. The average Bonchev–Trinajstić information content (AvgIpc) is 2.30. The molecule has 0 aliphatic heterocycles. The minimum atomic E-state index is -5.49. The number of para-hydroxylation sites is 1. The van der Waals surface area contributed by atoms with E-state index in [0.717, 1.165) is 0 Å². The van der Waals surface area contributed by atoms with Gasteiger partial charge in [-0.3, -0.25) is 4.72 Å². The number of benzene rings is 1. The lowest BCUT2D eigenvalue weighted by Crippen LogP contribution is -2.30. The summed E-state index contributed by atoms with van der Waals surface area (Å²) in [6.07, 6.45) is 0. The molecule has 0 heterocycles. The van der Waals surface area contributed by atoms with Gasteiger partial charge in [0.05, 0.1) is 11.4 Å². The molecule has 0 aliphatic carbocycles. The molecular weight excluding hydrogens is 297 g/mol. The fourth-order valence-corrected chi connectivity index (χ4v) is 2.14. The van der Waals surface area contributed by atoms with Crippen molar-refractivity contribution in [2.45, 2.75) is 19.4 Å². The molecule has 0 saturated heterocycles. The molecule has 5 nitrogen and oxygen atoms in total. The smallest absolute Gasteiger partial charge is 0.399 e. The van der Waals surface area contributed by atoms with Crippen molar-refractivity contribution >= 4 is 21.4 Å². The third kappa shape index (κ3) is 3.41. The van der Waals surface area contributed by atoms with Crippen LogP contribution in [-0.4, -0.2) is 26.7 Å². The molecule has 1 aromatic rings. The Morgan fingerprint density at radius 2 is 1.95 bits per heavy atom. The van der Waals surface area contributed by atoms with Crippen LogP contribution in [0.5, 0.6) is 0 Å². The maximum atomic E-state index is 12.4. The normalized spacial score (nSPS) is 13.2. The third-order valence-electron chi connectivity index (χ3n) is 2.43. The van der Waals surface area contributed by atoms with E-state index in [1.807, 2.05) is 0 Å². The lowest BCUT2D eigenvalue weighted by molar-refractivity contribution is -0.0429. The minimum Gasteiger partial charge on any atom is -0.399 e. The van der Waals surface area contributed by atoms with Crippen molar-refractivity contribution < 1.29 is 26.4 Å². The van der Waals surface area contributed by atoms with Crippen LogP contribution in [0.15, 0.2) is 23.4 Å². The Balaban J connectivity index is 3.36. The minimum absolute atomic E-state index is 0.178. The van der Waals surface area contributed by atoms with Gasteiger partial charge in [-0.1, -0.05) is 23.4 Å². The molecule has 0 amide bonds. The summed E-state index contributed by atoms with van der Waals surface area (Å²) in [4.78, 5) is 4.54. The van der Waals surface area contributed by atoms with Gasteiger partial charge in [0.25, 0.3) is 0 Å². The molecule has 1 aromatic carbocycles. The summed E-state index contributed by atoms with van der Waals surface area (Å²) in [5.74, 6) is 0. The first-order valence-electron chi connectivity index (χ1n) is 5.37. The molecule has 112 valence electrons. The highest BCUT2D eigenvalue weighted by atomic mass is 32.2. The number of nitrogens with zero attached hydrogens (tertiary/aromatic N) is 1. The molecule has 0 radical (unpaired) electrons. The summed E-state index contributed by atoms with van der Waals surface area (Å²) in [7, 11) is -4.21. The van der Waals surface area contributed by atoms with E-state index in [9.17, 15) is 21.6 Å². The van der Waals surface area contributed by atoms with Crippen LogP contribution in [0, 0.1) is 6.92 Å². The molecule has 0 atom stereocenters. The lowest BCUT2D eigenvalue weighted by Gasteiger charge is -2.16. The van der Waals surface area contributed by atoms with E-state index in [1.54, 1.807) is 10.8 Å². The van der Waals surface area contributed by atoms with Gasteiger partial charge in [0.2, 0.25) is 0 Å². The molecular formula is C11H13F3N2O3S. The van der Waals surface area contributed by atoms with Crippen molar-refractivity contribution in [1.82, 2.24) is 0 Å². The summed E-state index contributed by atoms with van der Waals surface area (Å²) in [5, 5.41) is 3.59. The Labute approximate surface area is 114 Å². The second-order valence-corrected chi connectivity index (χ2v) is 5.58. The molecule has 0 saturated carbocycles. The molecule has 1 rings (SSSR count). The molecule has 0 unspecified atom stereocenters. The largest absolute Gasteiger partial charge is 0.516 e. The molecule has 20 heavy (non-hydrogen) atoms. The summed E-state index contributed by atoms with van der Waals surface area (Å²) in [5.41, 5.74) is -4.78. The van der Waals surface area contributed by atoms with E-state index in [0.29, 0.717) is 5.56 Å². The Morgan fingerprint density at radius 1 is 1.35 bits per heavy atom. The number of rotatable bonds is 4. The van der Waals surface area contributed by atoms with Crippen molar-refractivity contribution in [3.05, 3.63) is 29.3 Å². The van der Waals surface area contributed by atoms with Crippen LogP contribution in [0.4, 0.5) is 18.9 Å². The Hall–Kier alpha value is -1.77. The second kappa shape index (κ2) is 5.70. The van der Waals surface area contributed by atoms with Crippen molar-refractivity contribution in [1.29, 1.82) is 0 Å². The van der Waals surface area contributed by atoms with Gasteiger partial charge in [0.1, 0.15) is 7.11 Å². The highest BCUT2D eigenvalue weighted by Crippen LogP contribution is 2.29. The predicted molar refractivity (Wildman–Crippen MR) is 69.0 cm³/mol. The van der Waals surface area contributed by atoms with E-state index in [4.69, 9.17) is 0 Å². The third-order valence-corrected chi connectivity index (χ3v) is 3.51. The van der Waals surface area contributed by atoms with Crippen LogP contribution in [0.1, 0.15) is 18.1 Å². The first kappa shape index (κ1) is 16.3. The molecule has 0 spiro atoms.